The van der Waals surface area contributed by atoms with Crippen LogP contribution in [-0.2, 0) is 10.3 Å². The first-order valence-electron chi connectivity index (χ1n) is 10.4. The van der Waals surface area contributed by atoms with Crippen LogP contribution in [0.25, 0.3) is 0 Å². The molecule has 1 aliphatic rings. The molecule has 0 amide bonds. The number of ether oxygens (including phenoxy) is 1. The molecule has 1 fully saturated rings. The monoisotopic (exact) mass is 389 g/mol. The van der Waals surface area contributed by atoms with E-state index in [0.717, 1.165) is 38.2 Å². The van der Waals surface area contributed by atoms with Crippen molar-refractivity contribution in [1.29, 1.82) is 0 Å². The van der Waals surface area contributed by atoms with Crippen LogP contribution in [0.4, 0.5) is 0 Å². The third-order valence-corrected chi connectivity index (χ3v) is 6.70. The van der Waals surface area contributed by atoms with Gasteiger partial charge >= 0.3 is 0 Å². The van der Waals surface area contributed by atoms with Crippen molar-refractivity contribution >= 4 is 5.96 Å². The number of hydrogen-bond donors (Lipinski definition) is 2. The maximum atomic E-state index is 6.25. The number of pyridine rings is 1. The Labute approximate surface area is 171 Å². The first kappa shape index (κ1) is 22.6. The molecule has 2 heterocycles. The molecule has 0 saturated carbocycles. The maximum Gasteiger partial charge on any atom is 0.188 e. The van der Waals surface area contributed by atoms with Crippen LogP contribution in [0.15, 0.2) is 23.3 Å². The van der Waals surface area contributed by atoms with Crippen LogP contribution in [-0.4, -0.2) is 54.7 Å². The molecule has 0 unspecified atom stereocenters. The van der Waals surface area contributed by atoms with Crippen molar-refractivity contribution in [3.8, 4) is 0 Å². The fraction of sp³-hybridized carbons (Fsp3) is 0.727. The van der Waals surface area contributed by atoms with E-state index in [-0.39, 0.29) is 16.6 Å². The normalized spacial score (nSPS) is 21.9. The van der Waals surface area contributed by atoms with Gasteiger partial charge < -0.3 is 15.8 Å². The standard InChI is InChI=1S/C22H39N5O/c1-8-28-21(5,6)22(11-13-25-19(23)24-7)12-14-27(16-22)20(3,4)18-10-9-17(2)26-15-18/h9-10,15H,8,11-14,16H2,1-7H3,(H3,23,24,25)/t22-/m1/s1. The van der Waals surface area contributed by atoms with Crippen molar-refractivity contribution in [2.75, 3.05) is 33.3 Å². The van der Waals surface area contributed by atoms with Crippen molar-refractivity contribution in [3.63, 3.8) is 0 Å². The second-order valence-corrected chi connectivity index (χ2v) is 8.93. The predicted molar refractivity (Wildman–Crippen MR) is 116 cm³/mol. The Morgan fingerprint density at radius 2 is 2.07 bits per heavy atom. The molecule has 1 saturated heterocycles. The molecule has 2 rings (SSSR count). The van der Waals surface area contributed by atoms with Gasteiger partial charge in [0.2, 0.25) is 0 Å². The molecule has 0 bridgehead atoms. The zero-order chi connectivity index (χ0) is 21.0. The number of nitrogens with two attached hydrogens (primary N) is 1. The first-order chi connectivity index (χ1) is 13.1. The Kier molecular flexibility index (Phi) is 7.10. The molecular weight excluding hydrogens is 350 g/mol. The van der Waals surface area contributed by atoms with Crippen LogP contribution >= 0.6 is 0 Å². The summed E-state index contributed by atoms with van der Waals surface area (Å²) in [4.78, 5) is 11.1. The van der Waals surface area contributed by atoms with E-state index in [2.05, 4.69) is 66.9 Å². The van der Waals surface area contributed by atoms with Crippen molar-refractivity contribution in [2.24, 2.45) is 16.1 Å². The zero-order valence-corrected chi connectivity index (χ0v) is 18.8. The van der Waals surface area contributed by atoms with Gasteiger partial charge in [-0.25, -0.2) is 0 Å². The van der Waals surface area contributed by atoms with E-state index in [1.807, 2.05) is 13.1 Å². The third kappa shape index (κ3) is 4.66. The molecular formula is C22H39N5O. The molecule has 28 heavy (non-hydrogen) atoms. The smallest absolute Gasteiger partial charge is 0.188 e. The highest BCUT2D eigenvalue weighted by Gasteiger charge is 2.52. The minimum atomic E-state index is -0.224. The van der Waals surface area contributed by atoms with Crippen molar-refractivity contribution in [2.45, 2.75) is 65.5 Å². The van der Waals surface area contributed by atoms with E-state index >= 15 is 0 Å². The molecule has 158 valence electrons. The van der Waals surface area contributed by atoms with Gasteiger partial charge in [0.15, 0.2) is 5.96 Å². The van der Waals surface area contributed by atoms with Crippen molar-refractivity contribution < 1.29 is 4.74 Å². The molecule has 0 aliphatic carbocycles. The number of nitrogens with zero attached hydrogens (tertiary/aromatic N) is 3. The van der Waals surface area contributed by atoms with Crippen LogP contribution in [0.2, 0.25) is 0 Å². The van der Waals surface area contributed by atoms with Gasteiger partial charge in [-0.05, 0) is 72.6 Å². The number of aryl methyl sites for hydroxylation is 1. The summed E-state index contributed by atoms with van der Waals surface area (Å²) in [6, 6.07) is 4.30. The summed E-state index contributed by atoms with van der Waals surface area (Å²) in [7, 11) is 1.71. The van der Waals surface area contributed by atoms with Crippen LogP contribution in [0.5, 0.6) is 0 Å². The SMILES string of the molecule is CCOC(C)(C)[C@]1(CCNC(N)=NC)CCN(C(C)(C)c2ccc(C)nc2)C1. The predicted octanol–water partition coefficient (Wildman–Crippen LogP) is 3.06. The molecule has 1 aliphatic heterocycles. The summed E-state index contributed by atoms with van der Waals surface area (Å²) in [6.45, 7) is 16.7. The van der Waals surface area contributed by atoms with Crippen LogP contribution < -0.4 is 11.1 Å². The van der Waals surface area contributed by atoms with E-state index in [9.17, 15) is 0 Å². The largest absolute Gasteiger partial charge is 0.375 e. The number of aromatic nitrogens is 1. The third-order valence-electron chi connectivity index (χ3n) is 6.70. The number of nitrogens with one attached hydrogen (secondary N) is 1. The molecule has 3 N–H and O–H groups in total. The van der Waals surface area contributed by atoms with Gasteiger partial charge in [-0.15, -0.1) is 0 Å². The topological polar surface area (TPSA) is 75.8 Å². The number of rotatable bonds is 8. The summed E-state index contributed by atoms with van der Waals surface area (Å²) in [5, 5.41) is 3.23. The number of likely N-dealkylation sites (tertiary alicyclic amines) is 1. The lowest BCUT2D eigenvalue weighted by Crippen LogP contribution is -2.51. The summed E-state index contributed by atoms with van der Waals surface area (Å²) >= 11 is 0. The van der Waals surface area contributed by atoms with Gasteiger partial charge in [0.05, 0.1) is 5.60 Å². The molecule has 6 heteroatoms. The average Bonchev–Trinajstić information content (AvgIpc) is 3.09. The lowest BCUT2D eigenvalue weighted by molar-refractivity contribution is -0.109. The van der Waals surface area contributed by atoms with Gasteiger partial charge in [-0.2, -0.15) is 0 Å². The molecule has 1 atom stereocenters. The lowest BCUT2D eigenvalue weighted by atomic mass is 9.70. The molecule has 6 nitrogen and oxygen atoms in total. The van der Waals surface area contributed by atoms with Crippen molar-refractivity contribution in [1.82, 2.24) is 15.2 Å². The summed E-state index contributed by atoms with van der Waals surface area (Å²) in [5.41, 5.74) is 7.88. The lowest BCUT2D eigenvalue weighted by Gasteiger charge is -2.46. The van der Waals surface area contributed by atoms with E-state index in [1.54, 1.807) is 7.05 Å². The quantitative estimate of drug-likeness (QED) is 0.528. The summed E-state index contributed by atoms with van der Waals surface area (Å²) in [6.07, 6.45) is 4.09. The van der Waals surface area contributed by atoms with E-state index < -0.39 is 0 Å². The van der Waals surface area contributed by atoms with E-state index in [4.69, 9.17) is 10.5 Å². The van der Waals surface area contributed by atoms with Gasteiger partial charge in [0.25, 0.3) is 0 Å². The van der Waals surface area contributed by atoms with Gasteiger partial charge in [0, 0.05) is 49.6 Å². The van der Waals surface area contributed by atoms with E-state index in [0.29, 0.717) is 12.6 Å². The van der Waals surface area contributed by atoms with Gasteiger partial charge in [0.1, 0.15) is 0 Å². The Bertz CT molecular complexity index is 668. The highest BCUT2D eigenvalue weighted by atomic mass is 16.5. The maximum absolute atomic E-state index is 6.25. The molecule has 1 aromatic rings. The fourth-order valence-electron chi connectivity index (χ4n) is 4.38. The molecule has 0 radical (unpaired) electrons. The Hall–Kier alpha value is -1.66. The zero-order valence-electron chi connectivity index (χ0n) is 18.8. The van der Waals surface area contributed by atoms with Crippen LogP contribution in [0.3, 0.4) is 0 Å². The van der Waals surface area contributed by atoms with Gasteiger partial charge in [-0.3, -0.25) is 14.9 Å². The minimum Gasteiger partial charge on any atom is -0.375 e. The number of aliphatic imine (C=N–C) groups is 1. The minimum absolute atomic E-state index is 0.0411. The van der Waals surface area contributed by atoms with Gasteiger partial charge in [-0.1, -0.05) is 6.07 Å². The fourth-order valence-corrected chi connectivity index (χ4v) is 4.38. The second kappa shape index (κ2) is 8.78. The number of hydrogen-bond acceptors (Lipinski definition) is 4. The summed E-state index contributed by atoms with van der Waals surface area (Å²) < 4.78 is 6.25. The average molecular weight is 390 g/mol. The Morgan fingerprint density at radius 1 is 1.36 bits per heavy atom. The van der Waals surface area contributed by atoms with Crippen LogP contribution in [0, 0.1) is 12.3 Å². The molecule has 0 aromatic carbocycles. The number of guanidine groups is 1. The first-order valence-corrected chi connectivity index (χ1v) is 10.4. The Morgan fingerprint density at radius 3 is 2.64 bits per heavy atom. The van der Waals surface area contributed by atoms with E-state index in [1.165, 1.54) is 5.56 Å². The highest BCUT2D eigenvalue weighted by Crippen LogP contribution is 2.48. The molecule has 1 aromatic heterocycles. The molecule has 0 spiro atoms. The second-order valence-electron chi connectivity index (χ2n) is 8.93. The van der Waals surface area contributed by atoms with Crippen LogP contribution in [0.1, 0.15) is 58.7 Å². The van der Waals surface area contributed by atoms with Crippen molar-refractivity contribution in [3.05, 3.63) is 29.6 Å². The Balaban J connectivity index is 2.24. The highest BCUT2D eigenvalue weighted by molar-refractivity contribution is 5.77. The summed E-state index contributed by atoms with van der Waals surface area (Å²) in [5.74, 6) is 0.491.